The summed E-state index contributed by atoms with van der Waals surface area (Å²) in [5, 5.41) is 8.55. The Hall–Kier alpha value is -3.32. The fourth-order valence-corrected chi connectivity index (χ4v) is 3.51. The Morgan fingerprint density at radius 2 is 2.07 bits per heavy atom. The van der Waals surface area contributed by atoms with Crippen LogP contribution in [0.15, 0.2) is 55.0 Å². The molecule has 3 N–H and O–H groups in total. The van der Waals surface area contributed by atoms with E-state index in [1.54, 1.807) is 12.4 Å². The highest BCUT2D eigenvalue weighted by molar-refractivity contribution is 5.93. The maximum Gasteiger partial charge on any atom is 0.129 e. The molecular formula is C20H19N7. The molecule has 0 unspecified atom stereocenters. The average Bonchev–Trinajstić information content (AvgIpc) is 3.34. The molecule has 5 rings (SSSR count). The molecule has 7 nitrogen and oxygen atoms in total. The minimum absolute atomic E-state index is 0.217. The number of aromatic amines is 1. The maximum atomic E-state index is 6.04. The summed E-state index contributed by atoms with van der Waals surface area (Å²) in [6, 6.07) is 12.2. The van der Waals surface area contributed by atoms with Crippen LogP contribution in [0.2, 0.25) is 0 Å². The highest BCUT2D eigenvalue weighted by Gasteiger charge is 2.21. The van der Waals surface area contributed by atoms with Gasteiger partial charge in [-0.1, -0.05) is 6.07 Å². The summed E-state index contributed by atoms with van der Waals surface area (Å²) in [6.45, 7) is 1.78. The van der Waals surface area contributed by atoms with E-state index in [0.717, 1.165) is 58.9 Å². The van der Waals surface area contributed by atoms with Crippen LogP contribution in [-0.2, 0) is 0 Å². The first-order valence-corrected chi connectivity index (χ1v) is 9.00. The van der Waals surface area contributed by atoms with Gasteiger partial charge in [0.05, 0.1) is 23.1 Å². The third-order valence-electron chi connectivity index (χ3n) is 4.93. The molecule has 134 valence electrons. The van der Waals surface area contributed by atoms with Crippen LogP contribution in [0.1, 0.15) is 6.42 Å². The summed E-state index contributed by atoms with van der Waals surface area (Å²) in [4.78, 5) is 15.8. The molecule has 0 aromatic carbocycles. The van der Waals surface area contributed by atoms with E-state index in [9.17, 15) is 0 Å². The highest BCUT2D eigenvalue weighted by atomic mass is 15.2. The summed E-state index contributed by atoms with van der Waals surface area (Å²) in [5.41, 5.74) is 10.4. The van der Waals surface area contributed by atoms with Gasteiger partial charge in [-0.15, -0.1) is 0 Å². The molecule has 5 heterocycles. The van der Waals surface area contributed by atoms with Gasteiger partial charge in [-0.25, -0.2) is 4.98 Å². The predicted molar refractivity (Wildman–Crippen MR) is 105 cm³/mol. The zero-order chi connectivity index (χ0) is 18.2. The van der Waals surface area contributed by atoms with E-state index in [0.29, 0.717) is 0 Å². The van der Waals surface area contributed by atoms with Gasteiger partial charge in [0.15, 0.2) is 0 Å². The van der Waals surface area contributed by atoms with Gasteiger partial charge in [0, 0.05) is 42.5 Å². The molecule has 0 bridgehead atoms. The van der Waals surface area contributed by atoms with Crippen LogP contribution in [-0.4, -0.2) is 44.3 Å². The van der Waals surface area contributed by atoms with Gasteiger partial charge >= 0.3 is 0 Å². The van der Waals surface area contributed by atoms with Crippen molar-refractivity contribution in [1.29, 1.82) is 0 Å². The lowest BCUT2D eigenvalue weighted by Gasteiger charge is -2.17. The molecule has 1 atom stereocenters. The number of anilines is 1. The second kappa shape index (κ2) is 6.44. The number of rotatable bonds is 3. The second-order valence-corrected chi connectivity index (χ2v) is 6.80. The normalized spacial score (nSPS) is 16.9. The quantitative estimate of drug-likeness (QED) is 0.585. The lowest BCUT2D eigenvalue weighted by molar-refractivity contribution is 0.751. The van der Waals surface area contributed by atoms with Crippen LogP contribution in [0.3, 0.4) is 0 Å². The molecule has 0 radical (unpaired) electrons. The van der Waals surface area contributed by atoms with Crippen molar-refractivity contribution < 1.29 is 0 Å². The summed E-state index contributed by atoms with van der Waals surface area (Å²) in [7, 11) is 0. The van der Waals surface area contributed by atoms with Gasteiger partial charge in [-0.2, -0.15) is 5.10 Å². The number of pyridine rings is 3. The van der Waals surface area contributed by atoms with Crippen molar-refractivity contribution in [3.8, 4) is 22.6 Å². The van der Waals surface area contributed by atoms with Crippen molar-refractivity contribution in [2.24, 2.45) is 5.73 Å². The monoisotopic (exact) mass is 357 g/mol. The van der Waals surface area contributed by atoms with Gasteiger partial charge in [0.1, 0.15) is 11.5 Å². The molecule has 4 aromatic rings. The molecule has 0 aliphatic carbocycles. The summed E-state index contributed by atoms with van der Waals surface area (Å²) in [6.07, 6.45) is 6.36. The molecule has 1 fully saturated rings. The minimum atomic E-state index is 0.217. The van der Waals surface area contributed by atoms with Crippen LogP contribution in [0.4, 0.5) is 5.82 Å². The van der Waals surface area contributed by atoms with Crippen molar-refractivity contribution in [3.63, 3.8) is 0 Å². The first-order valence-electron chi connectivity index (χ1n) is 9.00. The Kier molecular flexibility index (Phi) is 3.79. The number of hydrogen-bond acceptors (Lipinski definition) is 6. The Bertz CT molecular complexity index is 1090. The molecule has 0 amide bonds. The Morgan fingerprint density at radius 3 is 2.89 bits per heavy atom. The number of nitrogens with zero attached hydrogens (tertiary/aromatic N) is 5. The number of nitrogens with one attached hydrogen (secondary N) is 1. The van der Waals surface area contributed by atoms with Crippen LogP contribution in [0, 0.1) is 0 Å². The minimum Gasteiger partial charge on any atom is -0.355 e. The Morgan fingerprint density at radius 1 is 1.11 bits per heavy atom. The highest BCUT2D eigenvalue weighted by Crippen LogP contribution is 2.29. The first kappa shape index (κ1) is 15.9. The topological polar surface area (TPSA) is 96.6 Å². The number of H-pyrrole nitrogens is 1. The predicted octanol–water partition coefficient (Wildman–Crippen LogP) is 2.62. The van der Waals surface area contributed by atoms with Gasteiger partial charge in [-0.05, 0) is 36.8 Å². The van der Waals surface area contributed by atoms with Gasteiger partial charge in [0.25, 0.3) is 0 Å². The van der Waals surface area contributed by atoms with E-state index in [4.69, 9.17) is 10.7 Å². The van der Waals surface area contributed by atoms with E-state index >= 15 is 0 Å². The van der Waals surface area contributed by atoms with Crippen molar-refractivity contribution in [3.05, 3.63) is 55.0 Å². The molecule has 1 aliphatic rings. The molecular weight excluding hydrogens is 338 g/mol. The molecule has 1 aliphatic heterocycles. The summed E-state index contributed by atoms with van der Waals surface area (Å²) >= 11 is 0. The van der Waals surface area contributed by atoms with Gasteiger partial charge in [0.2, 0.25) is 0 Å². The van der Waals surface area contributed by atoms with E-state index < -0.39 is 0 Å². The smallest absolute Gasteiger partial charge is 0.129 e. The largest absolute Gasteiger partial charge is 0.355 e. The van der Waals surface area contributed by atoms with E-state index in [1.807, 2.05) is 42.6 Å². The molecule has 27 heavy (non-hydrogen) atoms. The lowest BCUT2D eigenvalue weighted by Crippen LogP contribution is -2.26. The Balaban J connectivity index is 1.57. The second-order valence-electron chi connectivity index (χ2n) is 6.80. The van der Waals surface area contributed by atoms with E-state index in [2.05, 4.69) is 25.1 Å². The number of nitrogens with two attached hydrogens (primary N) is 1. The van der Waals surface area contributed by atoms with Crippen LogP contribution in [0.25, 0.3) is 33.5 Å². The lowest BCUT2D eigenvalue weighted by atomic mass is 10.1. The zero-order valence-electron chi connectivity index (χ0n) is 14.7. The SMILES string of the molecule is N[C@H]1CCN(c2cccc(-c3n[nH]c4cnc(-c5cccnc5)cc34)n2)C1. The molecule has 7 heteroatoms. The van der Waals surface area contributed by atoms with Gasteiger partial charge < -0.3 is 10.6 Å². The number of aromatic nitrogens is 5. The molecule has 4 aromatic heterocycles. The van der Waals surface area contributed by atoms with Crippen LogP contribution >= 0.6 is 0 Å². The molecule has 1 saturated heterocycles. The van der Waals surface area contributed by atoms with Crippen molar-refractivity contribution in [2.45, 2.75) is 12.5 Å². The standard InChI is InChI=1S/C20H19N7/c21-14-6-8-27(12-14)19-5-1-4-16(24-19)20-15-9-17(13-3-2-7-22-10-13)23-11-18(15)25-26-20/h1-5,7,9-11,14H,6,8,12,21H2,(H,25,26)/t14-/m0/s1. The zero-order valence-corrected chi connectivity index (χ0v) is 14.7. The van der Waals surface area contributed by atoms with E-state index in [1.165, 1.54) is 0 Å². The fraction of sp³-hybridized carbons (Fsp3) is 0.200. The van der Waals surface area contributed by atoms with E-state index in [-0.39, 0.29) is 6.04 Å². The van der Waals surface area contributed by atoms with Crippen LogP contribution in [0.5, 0.6) is 0 Å². The number of hydrogen-bond donors (Lipinski definition) is 2. The summed E-state index contributed by atoms with van der Waals surface area (Å²) < 4.78 is 0. The average molecular weight is 357 g/mol. The fourth-order valence-electron chi connectivity index (χ4n) is 3.51. The first-order chi connectivity index (χ1) is 13.3. The molecule has 0 saturated carbocycles. The molecule has 0 spiro atoms. The van der Waals surface area contributed by atoms with Crippen molar-refractivity contribution in [1.82, 2.24) is 25.1 Å². The third kappa shape index (κ3) is 2.92. The van der Waals surface area contributed by atoms with Crippen molar-refractivity contribution in [2.75, 3.05) is 18.0 Å². The van der Waals surface area contributed by atoms with Crippen LogP contribution < -0.4 is 10.6 Å². The Labute approximate surface area is 156 Å². The maximum absolute atomic E-state index is 6.04. The third-order valence-corrected chi connectivity index (χ3v) is 4.93. The number of fused-ring (bicyclic) bond motifs is 1. The van der Waals surface area contributed by atoms with Crippen molar-refractivity contribution >= 4 is 16.7 Å². The summed E-state index contributed by atoms with van der Waals surface area (Å²) in [5.74, 6) is 0.943. The van der Waals surface area contributed by atoms with Gasteiger partial charge in [-0.3, -0.25) is 15.1 Å².